The zero-order chi connectivity index (χ0) is 12.6. The Labute approximate surface area is 108 Å². The third kappa shape index (κ3) is 2.08. The van der Waals surface area contributed by atoms with Crippen molar-refractivity contribution < 1.29 is 4.74 Å². The summed E-state index contributed by atoms with van der Waals surface area (Å²) in [7, 11) is 0. The maximum absolute atomic E-state index is 6.05. The SMILES string of the molecule is CCC(N)c1cnn(C2CCOC3(CCC3)C2)c1. The van der Waals surface area contributed by atoms with E-state index in [2.05, 4.69) is 22.9 Å². The molecule has 2 unspecified atom stereocenters. The zero-order valence-electron chi connectivity index (χ0n) is 11.1. The van der Waals surface area contributed by atoms with Crippen molar-refractivity contribution in [2.45, 2.75) is 63.1 Å². The molecule has 2 aliphatic rings. The van der Waals surface area contributed by atoms with Gasteiger partial charge >= 0.3 is 0 Å². The van der Waals surface area contributed by atoms with Crippen LogP contribution in [0.4, 0.5) is 0 Å². The van der Waals surface area contributed by atoms with Crippen molar-refractivity contribution in [1.82, 2.24) is 9.78 Å². The smallest absolute Gasteiger partial charge is 0.0703 e. The summed E-state index contributed by atoms with van der Waals surface area (Å²) in [4.78, 5) is 0. The summed E-state index contributed by atoms with van der Waals surface area (Å²) in [5, 5.41) is 4.51. The van der Waals surface area contributed by atoms with Gasteiger partial charge in [0.1, 0.15) is 0 Å². The molecule has 18 heavy (non-hydrogen) atoms. The molecule has 0 bridgehead atoms. The standard InChI is InChI=1S/C14H23N3O/c1-2-13(15)11-9-16-17(10-11)12-4-7-18-14(8-12)5-3-6-14/h9-10,12-13H,2-8,15H2,1H3. The minimum absolute atomic E-state index is 0.122. The lowest BCUT2D eigenvalue weighted by Gasteiger charge is -2.47. The van der Waals surface area contributed by atoms with E-state index in [4.69, 9.17) is 10.5 Å². The van der Waals surface area contributed by atoms with Crippen molar-refractivity contribution in [3.8, 4) is 0 Å². The first kappa shape index (κ1) is 12.2. The van der Waals surface area contributed by atoms with E-state index in [0.717, 1.165) is 31.4 Å². The molecule has 1 spiro atoms. The number of ether oxygens (including phenoxy) is 1. The van der Waals surface area contributed by atoms with Crippen LogP contribution in [0, 0.1) is 0 Å². The first-order valence-corrected chi connectivity index (χ1v) is 7.16. The fourth-order valence-electron chi connectivity index (χ4n) is 3.13. The summed E-state index contributed by atoms with van der Waals surface area (Å²) >= 11 is 0. The zero-order valence-corrected chi connectivity index (χ0v) is 11.1. The topological polar surface area (TPSA) is 53.1 Å². The van der Waals surface area contributed by atoms with E-state index < -0.39 is 0 Å². The minimum atomic E-state index is 0.122. The van der Waals surface area contributed by atoms with Crippen LogP contribution >= 0.6 is 0 Å². The molecule has 2 atom stereocenters. The lowest BCUT2D eigenvalue weighted by atomic mass is 9.74. The molecule has 1 aliphatic heterocycles. The highest BCUT2D eigenvalue weighted by Gasteiger charge is 2.43. The van der Waals surface area contributed by atoms with E-state index in [1.165, 1.54) is 19.3 Å². The fraction of sp³-hybridized carbons (Fsp3) is 0.786. The van der Waals surface area contributed by atoms with Gasteiger partial charge in [-0.1, -0.05) is 6.92 Å². The van der Waals surface area contributed by atoms with Crippen LogP contribution in [0.3, 0.4) is 0 Å². The molecule has 4 heteroatoms. The van der Waals surface area contributed by atoms with Crippen molar-refractivity contribution in [2.24, 2.45) is 5.73 Å². The van der Waals surface area contributed by atoms with Gasteiger partial charge in [0.15, 0.2) is 0 Å². The van der Waals surface area contributed by atoms with E-state index in [9.17, 15) is 0 Å². The number of hydrogen-bond donors (Lipinski definition) is 1. The van der Waals surface area contributed by atoms with E-state index in [-0.39, 0.29) is 11.6 Å². The van der Waals surface area contributed by atoms with Crippen LogP contribution in [0.1, 0.15) is 63.1 Å². The quantitative estimate of drug-likeness (QED) is 0.895. The highest BCUT2D eigenvalue weighted by molar-refractivity contribution is 5.10. The van der Waals surface area contributed by atoms with Crippen LogP contribution in [-0.2, 0) is 4.74 Å². The monoisotopic (exact) mass is 249 g/mol. The molecule has 1 saturated heterocycles. The molecule has 1 aromatic rings. The Kier molecular flexibility index (Phi) is 3.16. The third-order valence-electron chi connectivity index (χ3n) is 4.60. The maximum atomic E-state index is 6.05. The second kappa shape index (κ2) is 4.67. The van der Waals surface area contributed by atoms with Crippen LogP contribution in [0.15, 0.2) is 12.4 Å². The average molecular weight is 249 g/mol. The Morgan fingerprint density at radius 1 is 1.61 bits per heavy atom. The summed E-state index contributed by atoms with van der Waals surface area (Å²) in [5.74, 6) is 0. The second-order valence-corrected chi connectivity index (χ2v) is 5.80. The van der Waals surface area contributed by atoms with Gasteiger partial charge in [-0.3, -0.25) is 4.68 Å². The molecular formula is C14H23N3O. The van der Waals surface area contributed by atoms with Gasteiger partial charge in [-0.2, -0.15) is 5.10 Å². The number of aromatic nitrogens is 2. The lowest BCUT2D eigenvalue weighted by Crippen LogP contribution is -2.46. The molecule has 2 heterocycles. The molecule has 100 valence electrons. The van der Waals surface area contributed by atoms with Crippen molar-refractivity contribution in [1.29, 1.82) is 0 Å². The van der Waals surface area contributed by atoms with E-state index >= 15 is 0 Å². The molecular weight excluding hydrogens is 226 g/mol. The van der Waals surface area contributed by atoms with Gasteiger partial charge in [-0.15, -0.1) is 0 Å². The number of rotatable bonds is 3. The summed E-state index contributed by atoms with van der Waals surface area (Å²) in [5.41, 5.74) is 7.39. The highest BCUT2D eigenvalue weighted by atomic mass is 16.5. The normalized spacial score (nSPS) is 28.0. The van der Waals surface area contributed by atoms with E-state index in [0.29, 0.717) is 6.04 Å². The number of nitrogens with two attached hydrogens (primary N) is 1. The molecule has 0 amide bonds. The first-order valence-electron chi connectivity index (χ1n) is 7.16. The summed E-state index contributed by atoms with van der Waals surface area (Å²) < 4.78 is 8.08. The molecule has 4 nitrogen and oxygen atoms in total. The first-order chi connectivity index (χ1) is 8.72. The molecule has 1 aromatic heterocycles. The van der Waals surface area contributed by atoms with Crippen LogP contribution < -0.4 is 5.73 Å². The summed E-state index contributed by atoms with van der Waals surface area (Å²) in [6, 6.07) is 0.619. The average Bonchev–Trinajstić information content (AvgIpc) is 2.86. The van der Waals surface area contributed by atoms with Gasteiger partial charge < -0.3 is 10.5 Å². The summed E-state index contributed by atoms with van der Waals surface area (Å²) in [6.07, 6.45) is 11.0. The Balaban J connectivity index is 1.72. The van der Waals surface area contributed by atoms with Crippen LogP contribution in [0.25, 0.3) is 0 Å². The van der Waals surface area contributed by atoms with E-state index in [1.54, 1.807) is 0 Å². The maximum Gasteiger partial charge on any atom is 0.0703 e. The van der Waals surface area contributed by atoms with Gasteiger partial charge in [-0.05, 0) is 38.5 Å². The Morgan fingerprint density at radius 3 is 3.11 bits per heavy atom. The molecule has 0 radical (unpaired) electrons. The second-order valence-electron chi connectivity index (χ2n) is 5.80. The van der Waals surface area contributed by atoms with Gasteiger partial charge in [0, 0.05) is 24.4 Å². The Hall–Kier alpha value is -0.870. The predicted octanol–water partition coefficient (Wildman–Crippen LogP) is 2.57. The van der Waals surface area contributed by atoms with Crippen LogP contribution in [-0.4, -0.2) is 22.0 Å². The van der Waals surface area contributed by atoms with Crippen molar-refractivity contribution in [3.05, 3.63) is 18.0 Å². The predicted molar refractivity (Wildman–Crippen MR) is 70.3 cm³/mol. The molecule has 1 aliphatic carbocycles. The number of hydrogen-bond acceptors (Lipinski definition) is 3. The molecule has 0 aromatic carbocycles. The number of nitrogens with zero attached hydrogens (tertiary/aromatic N) is 2. The Bertz CT molecular complexity index is 411. The van der Waals surface area contributed by atoms with Gasteiger partial charge in [0.2, 0.25) is 0 Å². The highest BCUT2D eigenvalue weighted by Crippen LogP contribution is 2.45. The van der Waals surface area contributed by atoms with Gasteiger partial charge in [0.25, 0.3) is 0 Å². The third-order valence-corrected chi connectivity index (χ3v) is 4.60. The molecule has 3 rings (SSSR count). The van der Waals surface area contributed by atoms with Crippen LogP contribution in [0.2, 0.25) is 0 Å². The lowest BCUT2D eigenvalue weighted by molar-refractivity contribution is -0.141. The Morgan fingerprint density at radius 2 is 2.44 bits per heavy atom. The fourth-order valence-corrected chi connectivity index (χ4v) is 3.13. The molecule has 1 saturated carbocycles. The van der Waals surface area contributed by atoms with Crippen molar-refractivity contribution in [3.63, 3.8) is 0 Å². The van der Waals surface area contributed by atoms with Gasteiger partial charge in [-0.25, -0.2) is 0 Å². The molecule has 2 N–H and O–H groups in total. The summed E-state index contributed by atoms with van der Waals surface area (Å²) in [6.45, 7) is 2.99. The van der Waals surface area contributed by atoms with Crippen LogP contribution in [0.5, 0.6) is 0 Å². The van der Waals surface area contributed by atoms with Gasteiger partial charge in [0.05, 0.1) is 17.8 Å². The largest absolute Gasteiger partial charge is 0.375 e. The minimum Gasteiger partial charge on any atom is -0.375 e. The van der Waals surface area contributed by atoms with Crippen molar-refractivity contribution in [2.75, 3.05) is 6.61 Å². The van der Waals surface area contributed by atoms with E-state index in [1.807, 2.05) is 6.20 Å². The molecule has 2 fully saturated rings. The van der Waals surface area contributed by atoms with Crippen molar-refractivity contribution >= 4 is 0 Å².